The third-order valence-electron chi connectivity index (χ3n) is 5.39. The van der Waals surface area contributed by atoms with Gasteiger partial charge in [-0.2, -0.15) is 0 Å². The van der Waals surface area contributed by atoms with Gasteiger partial charge in [0, 0.05) is 25.1 Å². The zero-order chi connectivity index (χ0) is 20.9. The predicted molar refractivity (Wildman–Crippen MR) is 107 cm³/mol. The van der Waals surface area contributed by atoms with E-state index in [4.69, 9.17) is 0 Å². The van der Waals surface area contributed by atoms with Crippen LogP contribution < -0.4 is 4.90 Å². The molecule has 7 nitrogen and oxygen atoms in total. The lowest BCUT2D eigenvalue weighted by molar-refractivity contribution is 0.346. The molecule has 0 radical (unpaired) electrons. The monoisotopic (exact) mass is 424 g/mol. The molecule has 4 rings (SSSR count). The smallest absolute Gasteiger partial charge is 0.325 e. The van der Waals surface area contributed by atoms with Gasteiger partial charge in [-0.25, -0.2) is 18.7 Å². The van der Waals surface area contributed by atoms with Gasteiger partial charge in [0.2, 0.25) is 0 Å². The fraction of sp³-hybridized carbons (Fsp3) is 0.474. The maximum absolute atomic E-state index is 14.5. The standard InChI is InChI=1S/C19H23F2N4O3P/c1-10(2)18-23-16-15-13(21)7-12(20)8-14(15)22-17(16)19(24-18)25-5-3-11(4-6-25)9-29(26,27)28/h7-8,10-11,22H,3-6,9H2,1-2H3,(H2,26,27,28). The number of fused-ring (bicyclic) bond motifs is 3. The lowest BCUT2D eigenvalue weighted by atomic mass is 9.99. The molecule has 0 unspecified atom stereocenters. The van der Waals surface area contributed by atoms with Crippen molar-refractivity contribution in [2.24, 2.45) is 5.92 Å². The Labute approximate surface area is 166 Å². The largest absolute Gasteiger partial charge is 0.355 e. The molecule has 1 fully saturated rings. The van der Waals surface area contributed by atoms with E-state index in [1.165, 1.54) is 6.07 Å². The van der Waals surface area contributed by atoms with Gasteiger partial charge in [0.05, 0.1) is 17.1 Å². The summed E-state index contributed by atoms with van der Waals surface area (Å²) in [5.41, 5.74) is 1.29. The molecular formula is C19H23F2N4O3P. The van der Waals surface area contributed by atoms with Gasteiger partial charge in [-0.15, -0.1) is 0 Å². The van der Waals surface area contributed by atoms with Crippen molar-refractivity contribution < 1.29 is 23.1 Å². The minimum Gasteiger partial charge on any atom is -0.355 e. The molecule has 156 valence electrons. The molecule has 0 atom stereocenters. The number of hydrogen-bond acceptors (Lipinski definition) is 4. The van der Waals surface area contributed by atoms with Crippen LogP contribution in [0.4, 0.5) is 14.6 Å². The van der Waals surface area contributed by atoms with Gasteiger partial charge in [-0.05, 0) is 24.8 Å². The fourth-order valence-corrected chi connectivity index (χ4v) is 5.00. The van der Waals surface area contributed by atoms with Crippen LogP contribution in [0.15, 0.2) is 12.1 Å². The summed E-state index contributed by atoms with van der Waals surface area (Å²) in [4.78, 5) is 32.8. The number of aromatic amines is 1. The molecule has 29 heavy (non-hydrogen) atoms. The highest BCUT2D eigenvalue weighted by molar-refractivity contribution is 7.51. The number of halogens is 2. The van der Waals surface area contributed by atoms with Crippen molar-refractivity contribution in [1.82, 2.24) is 15.0 Å². The fourth-order valence-electron chi connectivity index (χ4n) is 3.96. The van der Waals surface area contributed by atoms with Crippen LogP contribution in [0.25, 0.3) is 21.9 Å². The number of anilines is 1. The average molecular weight is 424 g/mol. The van der Waals surface area contributed by atoms with E-state index in [-0.39, 0.29) is 23.4 Å². The van der Waals surface area contributed by atoms with E-state index < -0.39 is 19.2 Å². The first kappa shape index (κ1) is 20.2. The van der Waals surface area contributed by atoms with E-state index in [9.17, 15) is 23.1 Å². The summed E-state index contributed by atoms with van der Waals surface area (Å²) < 4.78 is 39.5. The maximum Gasteiger partial charge on any atom is 0.325 e. The molecule has 2 aromatic heterocycles. The molecule has 3 N–H and O–H groups in total. The van der Waals surface area contributed by atoms with E-state index >= 15 is 0 Å². The van der Waals surface area contributed by atoms with Crippen LogP contribution in [0, 0.1) is 17.6 Å². The van der Waals surface area contributed by atoms with Crippen molar-refractivity contribution in [1.29, 1.82) is 0 Å². The summed E-state index contributed by atoms with van der Waals surface area (Å²) in [5.74, 6) is -0.204. The second-order valence-electron chi connectivity index (χ2n) is 8.00. The zero-order valence-electron chi connectivity index (χ0n) is 16.2. The van der Waals surface area contributed by atoms with Crippen molar-refractivity contribution in [3.63, 3.8) is 0 Å². The minimum atomic E-state index is -4.04. The highest BCUT2D eigenvalue weighted by atomic mass is 31.2. The van der Waals surface area contributed by atoms with Gasteiger partial charge in [0.25, 0.3) is 0 Å². The SMILES string of the molecule is CC(C)c1nc(N2CCC(CP(=O)(O)O)CC2)c2[nH]c3cc(F)cc(F)c3c2n1. The van der Waals surface area contributed by atoms with Gasteiger partial charge in [0.1, 0.15) is 28.5 Å². The number of aromatic nitrogens is 3. The lowest BCUT2D eigenvalue weighted by Crippen LogP contribution is -2.35. The molecule has 3 aromatic rings. The van der Waals surface area contributed by atoms with Crippen molar-refractivity contribution >= 4 is 35.3 Å². The van der Waals surface area contributed by atoms with Crippen LogP contribution in [0.5, 0.6) is 0 Å². The minimum absolute atomic E-state index is 0.0128. The molecule has 0 spiro atoms. The maximum atomic E-state index is 14.5. The van der Waals surface area contributed by atoms with E-state index in [1.807, 2.05) is 18.7 Å². The first-order valence-electron chi connectivity index (χ1n) is 9.60. The number of piperidine rings is 1. The summed E-state index contributed by atoms with van der Waals surface area (Å²) >= 11 is 0. The Morgan fingerprint density at radius 2 is 1.93 bits per heavy atom. The van der Waals surface area contributed by atoms with Crippen molar-refractivity contribution in [3.8, 4) is 0 Å². The van der Waals surface area contributed by atoms with E-state index in [2.05, 4.69) is 15.0 Å². The Morgan fingerprint density at radius 1 is 1.24 bits per heavy atom. The van der Waals surface area contributed by atoms with E-state index in [0.29, 0.717) is 54.1 Å². The molecule has 0 aliphatic carbocycles. The third kappa shape index (κ3) is 3.99. The number of rotatable bonds is 4. The number of H-pyrrole nitrogens is 1. The van der Waals surface area contributed by atoms with Crippen LogP contribution in [0.1, 0.15) is 38.4 Å². The molecule has 0 saturated carbocycles. The first-order chi connectivity index (χ1) is 13.6. The van der Waals surface area contributed by atoms with Gasteiger partial charge in [-0.3, -0.25) is 4.57 Å². The Balaban J connectivity index is 1.78. The highest BCUT2D eigenvalue weighted by Crippen LogP contribution is 2.41. The second kappa shape index (κ2) is 7.31. The number of nitrogens with one attached hydrogen (secondary N) is 1. The van der Waals surface area contributed by atoms with Crippen molar-refractivity contribution in [2.45, 2.75) is 32.6 Å². The number of benzene rings is 1. The van der Waals surface area contributed by atoms with Gasteiger partial charge in [0.15, 0.2) is 5.82 Å². The van der Waals surface area contributed by atoms with Gasteiger partial charge in [-0.1, -0.05) is 13.8 Å². The summed E-state index contributed by atoms with van der Waals surface area (Å²) in [6.45, 7) is 5.03. The Morgan fingerprint density at radius 3 is 2.55 bits per heavy atom. The van der Waals surface area contributed by atoms with Crippen molar-refractivity contribution in [3.05, 3.63) is 29.6 Å². The molecule has 0 amide bonds. The second-order valence-corrected chi connectivity index (χ2v) is 9.69. The molecule has 1 aliphatic rings. The Bertz CT molecular complexity index is 1120. The van der Waals surface area contributed by atoms with Crippen LogP contribution >= 0.6 is 7.60 Å². The molecule has 3 heterocycles. The summed E-state index contributed by atoms with van der Waals surface area (Å²) in [5, 5.41) is 0.239. The van der Waals surface area contributed by atoms with E-state index in [1.54, 1.807) is 0 Å². The molecule has 10 heteroatoms. The first-order valence-corrected chi connectivity index (χ1v) is 11.4. The topological polar surface area (TPSA) is 102 Å². The zero-order valence-corrected chi connectivity index (χ0v) is 17.1. The van der Waals surface area contributed by atoms with Crippen LogP contribution in [-0.4, -0.2) is 44.0 Å². The van der Waals surface area contributed by atoms with Crippen molar-refractivity contribution in [2.75, 3.05) is 24.2 Å². The lowest BCUT2D eigenvalue weighted by Gasteiger charge is -2.33. The highest BCUT2D eigenvalue weighted by Gasteiger charge is 2.28. The number of nitrogens with zero attached hydrogens (tertiary/aromatic N) is 3. The summed E-state index contributed by atoms with van der Waals surface area (Å²) in [6.07, 6.45) is 1.13. The van der Waals surface area contributed by atoms with Crippen LogP contribution in [0.2, 0.25) is 0 Å². The van der Waals surface area contributed by atoms with Crippen LogP contribution in [-0.2, 0) is 4.57 Å². The van der Waals surface area contributed by atoms with Gasteiger partial charge < -0.3 is 19.7 Å². The molecule has 0 bridgehead atoms. The third-order valence-corrected chi connectivity index (χ3v) is 6.38. The molecular weight excluding hydrogens is 401 g/mol. The quantitative estimate of drug-likeness (QED) is 0.549. The normalized spacial score (nSPS) is 16.4. The summed E-state index contributed by atoms with van der Waals surface area (Å²) in [7, 11) is -4.04. The predicted octanol–water partition coefficient (Wildman–Crippen LogP) is 3.91. The van der Waals surface area contributed by atoms with Crippen LogP contribution in [0.3, 0.4) is 0 Å². The van der Waals surface area contributed by atoms with Gasteiger partial charge >= 0.3 is 7.60 Å². The summed E-state index contributed by atoms with van der Waals surface area (Å²) in [6, 6.07) is 2.09. The van der Waals surface area contributed by atoms with E-state index in [0.717, 1.165) is 6.07 Å². The molecule has 1 aromatic carbocycles. The Hall–Kier alpha value is -2.09. The average Bonchev–Trinajstić information content (AvgIpc) is 2.98. The molecule has 1 saturated heterocycles. The Kier molecular flexibility index (Phi) is 5.09. The molecule has 1 aliphatic heterocycles. The number of hydrogen-bond donors (Lipinski definition) is 3.